The number of hydrogen-bond donors (Lipinski definition) is 1. The van der Waals surface area contributed by atoms with E-state index in [2.05, 4.69) is 22.0 Å². The molecule has 0 unspecified atom stereocenters. The lowest BCUT2D eigenvalue weighted by atomic mass is 10.1. The zero-order valence-corrected chi connectivity index (χ0v) is 20.6. The van der Waals surface area contributed by atoms with E-state index in [0.29, 0.717) is 17.9 Å². The summed E-state index contributed by atoms with van der Waals surface area (Å²) in [7, 11) is 1.75. The smallest absolute Gasteiger partial charge is 0.295 e. The topological polar surface area (TPSA) is 84.8 Å². The SMILES string of the molecule is Cc1c(NC(=O)/C(C#N)=C/c2cn(Cc3ccccc3)c3ccccc23)c(=O)n(-c2ccccc2)n1C. The molecular weight excluding hydrogens is 462 g/mol. The van der Waals surface area contributed by atoms with Gasteiger partial charge in [0, 0.05) is 36.3 Å². The van der Waals surface area contributed by atoms with E-state index in [1.807, 2.05) is 85.1 Å². The number of para-hydroxylation sites is 2. The Morgan fingerprint density at radius 1 is 0.973 bits per heavy atom. The van der Waals surface area contributed by atoms with Crippen LogP contribution in [0.3, 0.4) is 0 Å². The second-order valence-electron chi connectivity index (χ2n) is 8.78. The summed E-state index contributed by atoms with van der Waals surface area (Å²) < 4.78 is 5.27. The van der Waals surface area contributed by atoms with Crippen LogP contribution in [0.2, 0.25) is 0 Å². The summed E-state index contributed by atoms with van der Waals surface area (Å²) in [5.74, 6) is -0.631. The van der Waals surface area contributed by atoms with Crippen LogP contribution in [-0.2, 0) is 18.4 Å². The van der Waals surface area contributed by atoms with Crippen molar-refractivity contribution >= 4 is 28.6 Å². The van der Waals surface area contributed by atoms with Gasteiger partial charge in [-0.15, -0.1) is 0 Å². The number of carbonyl (C=O) groups excluding carboxylic acids is 1. The predicted octanol–water partition coefficient (Wildman–Crippen LogP) is 5.03. The molecule has 0 saturated heterocycles. The number of benzene rings is 3. The van der Waals surface area contributed by atoms with Crippen molar-refractivity contribution in [2.24, 2.45) is 7.05 Å². The molecule has 5 aromatic rings. The standard InChI is InChI=1S/C30H25N5O2/c1-21-28(30(37)35(33(21)2)25-13-7-4-8-14-25)32-29(36)23(18-31)17-24-20-34(19-22-11-5-3-6-12-22)27-16-10-9-15-26(24)27/h3-17,20H,19H2,1-2H3,(H,32,36)/b23-17+. The number of amides is 1. The molecular formula is C30H25N5O2. The van der Waals surface area contributed by atoms with Gasteiger partial charge in [0.15, 0.2) is 0 Å². The average molecular weight is 488 g/mol. The highest BCUT2D eigenvalue weighted by Crippen LogP contribution is 2.25. The molecule has 1 amide bonds. The zero-order chi connectivity index (χ0) is 25.9. The Labute approximate surface area is 214 Å². The van der Waals surface area contributed by atoms with Gasteiger partial charge < -0.3 is 9.88 Å². The molecule has 2 heterocycles. The van der Waals surface area contributed by atoms with Gasteiger partial charge in [0.2, 0.25) is 0 Å². The van der Waals surface area contributed by atoms with Gasteiger partial charge >= 0.3 is 0 Å². The third-order valence-electron chi connectivity index (χ3n) is 6.47. The molecule has 0 bridgehead atoms. The Bertz CT molecular complexity index is 1730. The molecule has 2 aromatic heterocycles. The van der Waals surface area contributed by atoms with E-state index in [1.165, 1.54) is 4.68 Å². The van der Waals surface area contributed by atoms with Gasteiger partial charge in [-0.25, -0.2) is 4.68 Å². The highest BCUT2D eigenvalue weighted by molar-refractivity contribution is 6.11. The van der Waals surface area contributed by atoms with Gasteiger partial charge in [-0.3, -0.25) is 14.3 Å². The van der Waals surface area contributed by atoms with Crippen molar-refractivity contribution in [2.75, 3.05) is 5.32 Å². The molecule has 7 heteroatoms. The molecule has 0 aliphatic carbocycles. The molecule has 0 aliphatic rings. The summed E-state index contributed by atoms with van der Waals surface area (Å²) in [4.78, 5) is 26.4. The Kier molecular flexibility index (Phi) is 6.31. The molecule has 3 aromatic carbocycles. The first-order chi connectivity index (χ1) is 18.0. The first-order valence-corrected chi connectivity index (χ1v) is 11.9. The summed E-state index contributed by atoms with van der Waals surface area (Å²) in [5, 5.41) is 13.5. The normalized spacial score (nSPS) is 11.4. The number of nitrogens with one attached hydrogen (secondary N) is 1. The quantitative estimate of drug-likeness (QED) is 0.269. The molecule has 7 nitrogen and oxygen atoms in total. The first kappa shape index (κ1) is 23.6. The number of anilines is 1. The van der Waals surface area contributed by atoms with Crippen LogP contribution in [0, 0.1) is 18.3 Å². The molecule has 182 valence electrons. The number of aromatic nitrogens is 3. The van der Waals surface area contributed by atoms with Crippen molar-refractivity contribution in [3.63, 3.8) is 0 Å². The molecule has 0 fully saturated rings. The van der Waals surface area contributed by atoms with E-state index < -0.39 is 5.91 Å². The highest BCUT2D eigenvalue weighted by atomic mass is 16.2. The fraction of sp³-hybridized carbons (Fsp3) is 0.100. The van der Waals surface area contributed by atoms with Gasteiger partial charge in [-0.2, -0.15) is 5.26 Å². The number of rotatable bonds is 6. The Morgan fingerprint density at radius 3 is 2.32 bits per heavy atom. The fourth-order valence-electron chi connectivity index (χ4n) is 4.50. The van der Waals surface area contributed by atoms with Crippen molar-refractivity contribution in [1.82, 2.24) is 13.9 Å². The van der Waals surface area contributed by atoms with Gasteiger partial charge in [-0.1, -0.05) is 66.7 Å². The molecule has 37 heavy (non-hydrogen) atoms. The number of nitrogens with zero attached hydrogens (tertiary/aromatic N) is 4. The number of nitriles is 1. The first-order valence-electron chi connectivity index (χ1n) is 11.9. The van der Waals surface area contributed by atoms with E-state index in [9.17, 15) is 14.9 Å². The largest absolute Gasteiger partial charge is 0.342 e. The number of hydrogen-bond acceptors (Lipinski definition) is 3. The van der Waals surface area contributed by atoms with Crippen LogP contribution < -0.4 is 10.9 Å². The third-order valence-corrected chi connectivity index (χ3v) is 6.47. The van der Waals surface area contributed by atoms with Crippen molar-refractivity contribution < 1.29 is 4.79 Å². The Hall–Kier alpha value is -5.09. The predicted molar refractivity (Wildman–Crippen MR) is 145 cm³/mol. The molecule has 0 saturated carbocycles. The van der Waals surface area contributed by atoms with Crippen LogP contribution in [0.1, 0.15) is 16.8 Å². The monoisotopic (exact) mass is 487 g/mol. The summed E-state index contributed by atoms with van der Waals surface area (Å²) in [6.45, 7) is 2.41. The van der Waals surface area contributed by atoms with Gasteiger partial charge in [0.25, 0.3) is 11.5 Å². The maximum absolute atomic E-state index is 13.2. The average Bonchev–Trinajstić information content (AvgIpc) is 3.37. The van der Waals surface area contributed by atoms with E-state index >= 15 is 0 Å². The van der Waals surface area contributed by atoms with Crippen molar-refractivity contribution in [1.29, 1.82) is 5.26 Å². The highest BCUT2D eigenvalue weighted by Gasteiger charge is 2.20. The lowest BCUT2D eigenvalue weighted by Gasteiger charge is -2.07. The number of fused-ring (bicyclic) bond motifs is 1. The van der Waals surface area contributed by atoms with Crippen LogP contribution in [0.15, 0.2) is 101 Å². The lowest BCUT2D eigenvalue weighted by Crippen LogP contribution is -2.23. The van der Waals surface area contributed by atoms with Gasteiger partial charge in [0.1, 0.15) is 17.3 Å². The molecule has 0 spiro atoms. The third kappa shape index (κ3) is 4.48. The minimum absolute atomic E-state index is 0.0865. The summed E-state index contributed by atoms with van der Waals surface area (Å²) >= 11 is 0. The van der Waals surface area contributed by atoms with Crippen LogP contribution in [0.5, 0.6) is 0 Å². The van der Waals surface area contributed by atoms with Crippen LogP contribution in [0.25, 0.3) is 22.7 Å². The van der Waals surface area contributed by atoms with Crippen molar-refractivity contribution in [3.8, 4) is 11.8 Å². The summed E-state index contributed by atoms with van der Waals surface area (Å²) in [6.07, 6.45) is 3.52. The second-order valence-corrected chi connectivity index (χ2v) is 8.78. The fourth-order valence-corrected chi connectivity index (χ4v) is 4.50. The minimum Gasteiger partial charge on any atom is -0.342 e. The summed E-state index contributed by atoms with van der Waals surface area (Å²) in [6, 6.07) is 29.2. The summed E-state index contributed by atoms with van der Waals surface area (Å²) in [5.41, 5.74) is 3.85. The van der Waals surface area contributed by atoms with E-state index in [0.717, 1.165) is 22.0 Å². The molecule has 0 aliphatic heterocycles. The number of carbonyl (C=O) groups is 1. The lowest BCUT2D eigenvalue weighted by molar-refractivity contribution is -0.112. The van der Waals surface area contributed by atoms with Crippen molar-refractivity contribution in [3.05, 3.63) is 124 Å². The van der Waals surface area contributed by atoms with E-state index in [4.69, 9.17) is 0 Å². The van der Waals surface area contributed by atoms with Crippen LogP contribution in [-0.4, -0.2) is 19.8 Å². The van der Waals surface area contributed by atoms with E-state index in [1.54, 1.807) is 24.7 Å². The van der Waals surface area contributed by atoms with Crippen LogP contribution in [0.4, 0.5) is 5.69 Å². The molecule has 0 radical (unpaired) electrons. The molecule has 1 N–H and O–H groups in total. The van der Waals surface area contributed by atoms with E-state index in [-0.39, 0.29) is 16.8 Å². The zero-order valence-electron chi connectivity index (χ0n) is 20.6. The maximum atomic E-state index is 13.2. The molecule has 5 rings (SSSR count). The van der Waals surface area contributed by atoms with Crippen LogP contribution >= 0.6 is 0 Å². The Balaban J connectivity index is 1.49. The van der Waals surface area contributed by atoms with Gasteiger partial charge in [0.05, 0.1) is 11.4 Å². The molecule has 0 atom stereocenters. The van der Waals surface area contributed by atoms with Gasteiger partial charge in [-0.05, 0) is 36.8 Å². The maximum Gasteiger partial charge on any atom is 0.295 e. The van der Waals surface area contributed by atoms with Crippen molar-refractivity contribution in [2.45, 2.75) is 13.5 Å². The second kappa shape index (κ2) is 9.88. The minimum atomic E-state index is -0.631. The Morgan fingerprint density at radius 2 is 1.62 bits per heavy atom.